The van der Waals surface area contributed by atoms with E-state index >= 15 is 0 Å². The van der Waals surface area contributed by atoms with Crippen LogP contribution in [0.5, 0.6) is 0 Å². The highest BCUT2D eigenvalue weighted by atomic mass is 32.1. The standard InChI is InChI=1S/C20H24N2O2S/c23-19-4-3-17(18-2-1-9-25-18)20-15-10-14(12-22(19)20)11-21(13-15)16-5-7-24-8-6-16/h1-4,9,14-16H,5-8,10-13H2/t14-,15-/m0/s1. The van der Waals surface area contributed by atoms with Gasteiger partial charge in [0.05, 0.1) is 0 Å². The third-order valence-corrected chi connectivity index (χ3v) is 7.02. The van der Waals surface area contributed by atoms with Crippen molar-refractivity contribution in [3.63, 3.8) is 0 Å². The number of nitrogens with zero attached hydrogens (tertiary/aromatic N) is 2. The highest BCUT2D eigenvalue weighted by molar-refractivity contribution is 7.13. The first-order valence-electron chi connectivity index (χ1n) is 9.39. The Kier molecular flexibility index (Phi) is 4.03. The molecule has 0 aliphatic carbocycles. The molecule has 2 aromatic heterocycles. The minimum Gasteiger partial charge on any atom is -0.381 e. The van der Waals surface area contributed by atoms with Gasteiger partial charge in [-0.3, -0.25) is 9.69 Å². The Bertz CT molecular complexity index is 808. The molecule has 2 aromatic rings. The normalized spacial score (nSPS) is 27.2. The van der Waals surface area contributed by atoms with Gasteiger partial charge in [-0.15, -0.1) is 11.3 Å². The largest absolute Gasteiger partial charge is 0.381 e. The molecule has 4 nitrogen and oxygen atoms in total. The van der Waals surface area contributed by atoms with Crippen LogP contribution in [-0.4, -0.2) is 41.8 Å². The van der Waals surface area contributed by atoms with Crippen molar-refractivity contribution in [2.75, 3.05) is 26.3 Å². The number of fused-ring (bicyclic) bond motifs is 4. The minimum atomic E-state index is 0.171. The summed E-state index contributed by atoms with van der Waals surface area (Å²) in [4.78, 5) is 16.5. The average molecular weight is 356 g/mol. The van der Waals surface area contributed by atoms with E-state index in [1.807, 2.05) is 6.07 Å². The van der Waals surface area contributed by atoms with E-state index in [2.05, 4.69) is 27.0 Å². The van der Waals surface area contributed by atoms with E-state index in [4.69, 9.17) is 4.74 Å². The molecule has 0 saturated carbocycles. The van der Waals surface area contributed by atoms with E-state index in [1.165, 1.54) is 22.6 Å². The Morgan fingerprint density at radius 1 is 1.08 bits per heavy atom. The molecule has 5 heterocycles. The molecule has 3 aliphatic heterocycles. The summed E-state index contributed by atoms with van der Waals surface area (Å²) < 4.78 is 7.63. The Morgan fingerprint density at radius 2 is 1.96 bits per heavy atom. The molecule has 3 aliphatic rings. The molecule has 0 unspecified atom stereocenters. The quantitative estimate of drug-likeness (QED) is 0.829. The molecule has 2 atom stereocenters. The maximum absolute atomic E-state index is 12.5. The summed E-state index contributed by atoms with van der Waals surface area (Å²) in [6.07, 6.45) is 3.53. The van der Waals surface area contributed by atoms with Gasteiger partial charge in [-0.05, 0) is 42.7 Å². The van der Waals surface area contributed by atoms with E-state index < -0.39 is 0 Å². The van der Waals surface area contributed by atoms with Crippen LogP contribution in [0.3, 0.4) is 0 Å². The summed E-state index contributed by atoms with van der Waals surface area (Å²) in [5.41, 5.74) is 2.72. The molecular formula is C20H24N2O2S. The van der Waals surface area contributed by atoms with Gasteiger partial charge in [-0.2, -0.15) is 0 Å². The molecule has 5 rings (SSSR count). The highest BCUT2D eigenvalue weighted by Crippen LogP contribution is 2.41. The monoisotopic (exact) mass is 356 g/mol. The molecule has 5 heteroatoms. The smallest absolute Gasteiger partial charge is 0.250 e. The van der Waals surface area contributed by atoms with Gasteiger partial charge in [0.15, 0.2) is 0 Å². The van der Waals surface area contributed by atoms with Crippen LogP contribution in [0.2, 0.25) is 0 Å². The molecular weight excluding hydrogens is 332 g/mol. The van der Waals surface area contributed by atoms with Gasteiger partial charge in [-0.1, -0.05) is 6.07 Å². The first-order valence-corrected chi connectivity index (χ1v) is 10.3. The maximum atomic E-state index is 12.5. The lowest BCUT2D eigenvalue weighted by atomic mass is 9.80. The third-order valence-electron chi connectivity index (χ3n) is 6.11. The van der Waals surface area contributed by atoms with Gasteiger partial charge in [0.1, 0.15) is 0 Å². The predicted molar refractivity (Wildman–Crippen MR) is 100 cm³/mol. The van der Waals surface area contributed by atoms with E-state index in [9.17, 15) is 4.79 Å². The summed E-state index contributed by atoms with van der Waals surface area (Å²) in [6.45, 7) is 4.89. The molecule has 2 bridgehead atoms. The number of ether oxygens (including phenoxy) is 1. The second-order valence-corrected chi connectivity index (χ2v) is 8.60. The second kappa shape index (κ2) is 6.38. The lowest BCUT2D eigenvalue weighted by Crippen LogP contribution is -2.51. The summed E-state index contributed by atoms with van der Waals surface area (Å²) in [5.74, 6) is 1.08. The van der Waals surface area contributed by atoms with Gasteiger partial charge >= 0.3 is 0 Å². The van der Waals surface area contributed by atoms with Crippen LogP contribution in [0.1, 0.15) is 30.9 Å². The Hall–Kier alpha value is -1.43. The number of likely N-dealkylation sites (tertiary alicyclic amines) is 1. The SMILES string of the molecule is O=c1ccc(-c2cccs2)c2n1C[C@H]1C[C@H]2CN(C2CCOCC2)C1. The highest BCUT2D eigenvalue weighted by Gasteiger charge is 2.38. The van der Waals surface area contributed by atoms with Crippen LogP contribution in [0, 0.1) is 5.92 Å². The number of thiophene rings is 1. The molecule has 25 heavy (non-hydrogen) atoms. The van der Waals surface area contributed by atoms with E-state index in [-0.39, 0.29) is 5.56 Å². The fraction of sp³-hybridized carbons (Fsp3) is 0.550. The lowest BCUT2D eigenvalue weighted by Gasteiger charge is -2.47. The van der Waals surface area contributed by atoms with E-state index in [0.717, 1.165) is 45.7 Å². The fourth-order valence-electron chi connectivity index (χ4n) is 5.04. The average Bonchev–Trinajstić information content (AvgIpc) is 3.18. The summed E-state index contributed by atoms with van der Waals surface area (Å²) in [7, 11) is 0. The Morgan fingerprint density at radius 3 is 2.76 bits per heavy atom. The molecule has 0 amide bonds. The summed E-state index contributed by atoms with van der Waals surface area (Å²) >= 11 is 1.77. The molecule has 132 valence electrons. The van der Waals surface area contributed by atoms with Crippen LogP contribution in [0.4, 0.5) is 0 Å². The molecule has 2 fully saturated rings. The predicted octanol–water partition coefficient (Wildman–Crippen LogP) is 3.17. The molecule has 0 aromatic carbocycles. The van der Waals surface area contributed by atoms with Crippen molar-refractivity contribution in [1.82, 2.24) is 9.47 Å². The van der Waals surface area contributed by atoms with E-state index in [0.29, 0.717) is 17.9 Å². The van der Waals surface area contributed by atoms with Crippen LogP contribution in [0.15, 0.2) is 34.4 Å². The number of aromatic nitrogens is 1. The van der Waals surface area contributed by atoms with Crippen LogP contribution < -0.4 is 5.56 Å². The zero-order valence-electron chi connectivity index (χ0n) is 14.4. The first-order chi connectivity index (χ1) is 12.3. The molecule has 0 N–H and O–H groups in total. The van der Waals surface area contributed by atoms with E-state index in [1.54, 1.807) is 17.4 Å². The molecule has 0 radical (unpaired) electrons. The fourth-order valence-corrected chi connectivity index (χ4v) is 5.80. The maximum Gasteiger partial charge on any atom is 0.250 e. The van der Waals surface area contributed by atoms with Crippen molar-refractivity contribution >= 4 is 11.3 Å². The van der Waals surface area contributed by atoms with Gasteiger partial charge in [0.25, 0.3) is 5.56 Å². The van der Waals surface area contributed by atoms with Crippen molar-refractivity contribution in [3.8, 4) is 10.4 Å². The third kappa shape index (κ3) is 2.78. The van der Waals surface area contributed by atoms with Crippen molar-refractivity contribution in [2.24, 2.45) is 5.92 Å². The molecule has 2 saturated heterocycles. The first kappa shape index (κ1) is 15.8. The second-order valence-electron chi connectivity index (χ2n) is 7.65. The lowest BCUT2D eigenvalue weighted by molar-refractivity contribution is 0.00597. The summed E-state index contributed by atoms with van der Waals surface area (Å²) in [6, 6.07) is 8.74. The number of rotatable bonds is 2. The Balaban J connectivity index is 1.53. The summed E-state index contributed by atoms with van der Waals surface area (Å²) in [5, 5.41) is 2.12. The van der Waals surface area contributed by atoms with Crippen LogP contribution in [-0.2, 0) is 11.3 Å². The van der Waals surface area contributed by atoms with Crippen LogP contribution in [0.25, 0.3) is 10.4 Å². The van der Waals surface area contributed by atoms with Gasteiger partial charge < -0.3 is 9.30 Å². The van der Waals surface area contributed by atoms with Crippen molar-refractivity contribution in [3.05, 3.63) is 45.7 Å². The van der Waals surface area contributed by atoms with Crippen molar-refractivity contribution in [2.45, 2.75) is 37.8 Å². The van der Waals surface area contributed by atoms with Crippen molar-refractivity contribution < 1.29 is 4.74 Å². The van der Waals surface area contributed by atoms with Crippen molar-refractivity contribution in [1.29, 1.82) is 0 Å². The van der Waals surface area contributed by atoms with Gasteiger partial charge in [0, 0.05) is 67.0 Å². The number of hydrogen-bond acceptors (Lipinski definition) is 4. The number of hydrogen-bond donors (Lipinski definition) is 0. The zero-order chi connectivity index (χ0) is 16.8. The number of pyridine rings is 1. The topological polar surface area (TPSA) is 34.5 Å². The zero-order valence-corrected chi connectivity index (χ0v) is 15.2. The Labute approximate surface area is 152 Å². The van der Waals surface area contributed by atoms with Gasteiger partial charge in [0.2, 0.25) is 0 Å². The minimum absolute atomic E-state index is 0.171. The number of piperidine rings is 1. The van der Waals surface area contributed by atoms with Crippen LogP contribution >= 0.6 is 11.3 Å². The molecule has 0 spiro atoms. The van der Waals surface area contributed by atoms with Gasteiger partial charge in [-0.25, -0.2) is 0 Å².